The summed E-state index contributed by atoms with van der Waals surface area (Å²) in [6.45, 7) is 4.56. The molecule has 2 heterocycles. The van der Waals surface area contributed by atoms with Crippen LogP contribution in [-0.4, -0.2) is 46.2 Å². The predicted molar refractivity (Wildman–Crippen MR) is 139 cm³/mol. The number of thioether (sulfide) groups is 1. The summed E-state index contributed by atoms with van der Waals surface area (Å²) in [5.41, 5.74) is 0.836. The first-order chi connectivity index (χ1) is 16.6. The van der Waals surface area contributed by atoms with E-state index in [9.17, 15) is 9.59 Å². The number of nitrogens with zero attached hydrogens (tertiary/aromatic N) is 2. The van der Waals surface area contributed by atoms with Crippen LogP contribution in [-0.2, 0) is 11.3 Å². The van der Waals surface area contributed by atoms with E-state index >= 15 is 0 Å². The highest BCUT2D eigenvalue weighted by atomic mass is 35.5. The molecule has 3 atom stereocenters. The zero-order valence-electron chi connectivity index (χ0n) is 20.1. The SMILES string of the molecule is CCC(C)Cn1c(-c2cc(OC)c(OC)c(OC)c2Cl)nc2c(c1=O)C1CCC(Cl)(Cl)C(=O)C1S2. The summed E-state index contributed by atoms with van der Waals surface area (Å²) >= 11 is 20.6. The zero-order chi connectivity index (χ0) is 25.7. The summed E-state index contributed by atoms with van der Waals surface area (Å²) < 4.78 is 16.7. The molecular formula is C24H27Cl3N2O5S. The van der Waals surface area contributed by atoms with Crippen molar-refractivity contribution in [3.05, 3.63) is 27.0 Å². The second kappa shape index (κ2) is 10.0. The average Bonchev–Trinajstić information content (AvgIpc) is 3.21. The average molecular weight is 562 g/mol. The maximum atomic E-state index is 14.0. The van der Waals surface area contributed by atoms with E-state index in [1.165, 1.54) is 33.1 Å². The number of ketones is 1. The van der Waals surface area contributed by atoms with Crippen molar-refractivity contribution in [3.63, 3.8) is 0 Å². The number of aromatic nitrogens is 2. The monoisotopic (exact) mass is 560 g/mol. The van der Waals surface area contributed by atoms with Crippen LogP contribution in [0.5, 0.6) is 17.2 Å². The smallest absolute Gasteiger partial charge is 0.258 e. The van der Waals surface area contributed by atoms with Gasteiger partial charge in [0.15, 0.2) is 21.6 Å². The fourth-order valence-corrected chi connectivity index (χ4v) is 6.99. The number of alkyl halides is 2. The molecule has 1 aliphatic carbocycles. The van der Waals surface area contributed by atoms with Gasteiger partial charge in [0.25, 0.3) is 5.56 Å². The van der Waals surface area contributed by atoms with E-state index in [4.69, 9.17) is 54.0 Å². The zero-order valence-corrected chi connectivity index (χ0v) is 23.2. The Balaban J connectivity index is 1.97. The second-order valence-electron chi connectivity index (χ2n) is 8.84. The molecule has 35 heavy (non-hydrogen) atoms. The van der Waals surface area contributed by atoms with Gasteiger partial charge < -0.3 is 14.2 Å². The van der Waals surface area contributed by atoms with E-state index in [2.05, 4.69) is 13.8 Å². The maximum absolute atomic E-state index is 14.0. The van der Waals surface area contributed by atoms with Gasteiger partial charge in [-0.15, -0.1) is 0 Å². The molecule has 1 saturated carbocycles. The summed E-state index contributed by atoms with van der Waals surface area (Å²) in [6, 6.07) is 1.69. The molecule has 0 bridgehead atoms. The molecular weight excluding hydrogens is 535 g/mol. The van der Waals surface area contributed by atoms with Crippen molar-refractivity contribution < 1.29 is 19.0 Å². The fraction of sp³-hybridized carbons (Fsp3) is 0.542. The van der Waals surface area contributed by atoms with Gasteiger partial charge in [-0.3, -0.25) is 14.2 Å². The number of methoxy groups -OCH3 is 3. The highest BCUT2D eigenvalue weighted by Gasteiger charge is 2.52. The van der Waals surface area contributed by atoms with Crippen LogP contribution in [0.1, 0.15) is 44.6 Å². The third kappa shape index (κ3) is 4.41. The highest BCUT2D eigenvalue weighted by Crippen LogP contribution is 2.54. The quantitative estimate of drug-likeness (QED) is 0.315. The molecule has 0 N–H and O–H groups in total. The molecule has 190 valence electrons. The van der Waals surface area contributed by atoms with Crippen LogP contribution in [0.2, 0.25) is 5.02 Å². The summed E-state index contributed by atoms with van der Waals surface area (Å²) in [5, 5.41) is 0.202. The van der Waals surface area contributed by atoms with Crippen molar-refractivity contribution in [2.75, 3.05) is 21.3 Å². The van der Waals surface area contributed by atoms with Gasteiger partial charge in [0.1, 0.15) is 10.9 Å². The molecule has 0 radical (unpaired) electrons. The number of hydrogen-bond donors (Lipinski definition) is 0. The van der Waals surface area contributed by atoms with Crippen LogP contribution in [0.25, 0.3) is 11.4 Å². The Bertz CT molecular complexity index is 1230. The highest BCUT2D eigenvalue weighted by molar-refractivity contribution is 8.01. The molecule has 1 aromatic carbocycles. The molecule has 2 aliphatic rings. The molecule has 0 saturated heterocycles. The van der Waals surface area contributed by atoms with Crippen LogP contribution in [0.3, 0.4) is 0 Å². The fourth-order valence-electron chi connectivity index (χ4n) is 4.61. The number of carbonyl (C=O) groups is 1. The molecule has 2 aromatic rings. The van der Waals surface area contributed by atoms with Gasteiger partial charge in [-0.25, -0.2) is 4.98 Å². The van der Waals surface area contributed by atoms with E-state index in [-0.39, 0.29) is 34.0 Å². The summed E-state index contributed by atoms with van der Waals surface area (Å²) in [4.78, 5) is 31.8. The Hall–Kier alpha value is -1.61. The third-order valence-corrected chi connectivity index (χ3v) is 9.19. The van der Waals surface area contributed by atoms with E-state index in [0.29, 0.717) is 52.9 Å². The molecule has 3 unspecified atom stereocenters. The standard InChI is InChI=1S/C24H27Cl3N2O5S/c1-6-11(2)10-29-21(13-9-14(32-3)17(33-4)18(34-5)16(13)25)28-22-15(23(29)31)12-7-8-24(26,27)20(30)19(12)35-22/h9,11-12,19H,6-8,10H2,1-5H3. The van der Waals surface area contributed by atoms with Gasteiger partial charge in [0.05, 0.1) is 37.2 Å². The first kappa shape index (κ1) is 26.5. The Morgan fingerprint density at radius 2 is 1.89 bits per heavy atom. The van der Waals surface area contributed by atoms with Gasteiger partial charge in [-0.2, -0.15) is 0 Å². The van der Waals surface area contributed by atoms with Crippen LogP contribution in [0.4, 0.5) is 0 Å². The van der Waals surface area contributed by atoms with Crippen LogP contribution < -0.4 is 19.8 Å². The summed E-state index contributed by atoms with van der Waals surface area (Å²) in [5.74, 6) is 1.02. The molecule has 1 aromatic heterocycles. The van der Waals surface area contributed by atoms with Crippen LogP contribution in [0, 0.1) is 5.92 Å². The Morgan fingerprint density at radius 1 is 1.20 bits per heavy atom. The number of hydrogen-bond acceptors (Lipinski definition) is 7. The molecule has 0 amide bonds. The number of rotatable bonds is 7. The molecule has 4 rings (SSSR count). The number of Topliss-reactive ketones (excluding diaryl/α,β-unsaturated/α-hetero) is 1. The topological polar surface area (TPSA) is 79.7 Å². The van der Waals surface area contributed by atoms with Crippen molar-refractivity contribution in [3.8, 4) is 28.6 Å². The Morgan fingerprint density at radius 3 is 2.49 bits per heavy atom. The predicted octanol–water partition coefficient (Wildman–Crippen LogP) is 5.73. The second-order valence-corrected chi connectivity index (χ2v) is 11.8. The molecule has 0 spiro atoms. The number of benzene rings is 1. The van der Waals surface area contributed by atoms with E-state index < -0.39 is 9.58 Å². The number of ether oxygens (including phenoxy) is 3. The van der Waals surface area contributed by atoms with E-state index in [1.807, 2.05) is 0 Å². The molecule has 11 heteroatoms. The Labute approximate surface area is 223 Å². The first-order valence-electron chi connectivity index (χ1n) is 11.3. The lowest BCUT2D eigenvalue weighted by molar-refractivity contribution is -0.120. The lowest BCUT2D eigenvalue weighted by atomic mass is 9.83. The number of carbonyl (C=O) groups excluding carboxylic acids is 1. The summed E-state index contributed by atoms with van der Waals surface area (Å²) in [7, 11) is 4.48. The van der Waals surface area contributed by atoms with E-state index in [1.54, 1.807) is 10.6 Å². The van der Waals surface area contributed by atoms with Gasteiger partial charge in [-0.05, 0) is 24.8 Å². The first-order valence-corrected chi connectivity index (χ1v) is 13.3. The number of halogens is 3. The minimum atomic E-state index is -1.45. The van der Waals surface area contributed by atoms with Gasteiger partial charge in [0.2, 0.25) is 5.75 Å². The van der Waals surface area contributed by atoms with Crippen LogP contribution >= 0.6 is 46.6 Å². The largest absolute Gasteiger partial charge is 0.493 e. The third-order valence-electron chi connectivity index (χ3n) is 6.73. The van der Waals surface area contributed by atoms with Gasteiger partial charge in [0, 0.05) is 18.0 Å². The molecule has 1 fully saturated rings. The minimum Gasteiger partial charge on any atom is -0.493 e. The number of fused-ring (bicyclic) bond motifs is 3. The summed E-state index contributed by atoms with van der Waals surface area (Å²) in [6.07, 6.45) is 1.70. The van der Waals surface area contributed by atoms with Crippen molar-refractivity contribution in [2.45, 2.75) is 60.2 Å². The lowest BCUT2D eigenvalue weighted by Gasteiger charge is -2.31. The maximum Gasteiger partial charge on any atom is 0.258 e. The van der Waals surface area contributed by atoms with Crippen molar-refractivity contribution in [2.24, 2.45) is 5.92 Å². The van der Waals surface area contributed by atoms with Gasteiger partial charge >= 0.3 is 0 Å². The van der Waals surface area contributed by atoms with Crippen molar-refractivity contribution in [1.82, 2.24) is 9.55 Å². The van der Waals surface area contributed by atoms with Crippen molar-refractivity contribution in [1.29, 1.82) is 0 Å². The Kier molecular flexibility index (Phi) is 7.59. The van der Waals surface area contributed by atoms with Gasteiger partial charge in [-0.1, -0.05) is 66.8 Å². The van der Waals surface area contributed by atoms with Crippen molar-refractivity contribution >= 4 is 52.3 Å². The molecule has 1 aliphatic heterocycles. The van der Waals surface area contributed by atoms with Crippen LogP contribution in [0.15, 0.2) is 15.9 Å². The van der Waals surface area contributed by atoms with E-state index in [0.717, 1.165) is 6.42 Å². The minimum absolute atomic E-state index is 0.181. The molecule has 7 nitrogen and oxygen atoms in total. The lowest BCUT2D eigenvalue weighted by Crippen LogP contribution is -2.42. The normalized spacial score (nSPS) is 21.3.